The third kappa shape index (κ3) is 3.74. The molecule has 0 fully saturated rings. The Morgan fingerprint density at radius 2 is 1.82 bits per heavy atom. The van der Waals surface area contributed by atoms with Gasteiger partial charge in [-0.2, -0.15) is 0 Å². The number of nitrogens with one attached hydrogen (secondary N) is 1. The van der Waals surface area contributed by atoms with Gasteiger partial charge in [0.25, 0.3) is 0 Å². The number of aromatic nitrogens is 2. The summed E-state index contributed by atoms with van der Waals surface area (Å²) in [6.45, 7) is 0.678. The van der Waals surface area contributed by atoms with E-state index in [0.717, 1.165) is 27.7 Å². The molecule has 1 N–H and O–H groups in total. The molecule has 4 rings (SSSR count). The van der Waals surface area contributed by atoms with E-state index in [-0.39, 0.29) is 12.5 Å². The largest absolute Gasteiger partial charge is 0.481 e. The van der Waals surface area contributed by atoms with Gasteiger partial charge in [0.15, 0.2) is 0 Å². The van der Waals surface area contributed by atoms with E-state index in [0.29, 0.717) is 12.4 Å². The lowest BCUT2D eigenvalue weighted by Crippen LogP contribution is -2.27. The Morgan fingerprint density at radius 1 is 1.04 bits per heavy atom. The molecule has 1 amide bonds. The van der Waals surface area contributed by atoms with E-state index in [1.165, 1.54) is 0 Å². The van der Waals surface area contributed by atoms with Gasteiger partial charge in [-0.3, -0.25) is 4.79 Å². The van der Waals surface area contributed by atoms with Crippen molar-refractivity contribution in [2.75, 3.05) is 7.11 Å². The van der Waals surface area contributed by atoms with E-state index in [1.807, 2.05) is 48.5 Å². The zero-order valence-electron chi connectivity index (χ0n) is 15.6. The van der Waals surface area contributed by atoms with Gasteiger partial charge in [0, 0.05) is 35.4 Å². The molecule has 0 aliphatic rings. The number of methoxy groups -OCH3 is 1. The van der Waals surface area contributed by atoms with Crippen LogP contribution in [0, 0.1) is 0 Å². The zero-order chi connectivity index (χ0) is 19.3. The van der Waals surface area contributed by atoms with Gasteiger partial charge in [0.2, 0.25) is 11.8 Å². The van der Waals surface area contributed by atoms with Crippen LogP contribution in [0.25, 0.3) is 22.2 Å². The molecule has 2 aromatic heterocycles. The lowest BCUT2D eigenvalue weighted by Gasteiger charge is -2.12. The van der Waals surface area contributed by atoms with E-state index in [9.17, 15) is 4.79 Å². The van der Waals surface area contributed by atoms with Crippen molar-refractivity contribution in [3.8, 4) is 17.1 Å². The number of pyridine rings is 1. The fourth-order valence-electron chi connectivity index (χ4n) is 3.30. The van der Waals surface area contributed by atoms with Crippen LogP contribution >= 0.6 is 0 Å². The fraction of sp³-hybridized carbons (Fsp3) is 0.130. The summed E-state index contributed by atoms with van der Waals surface area (Å²) >= 11 is 0. The predicted octanol–water partition coefficient (Wildman–Crippen LogP) is 4.03. The molecule has 2 heterocycles. The average molecular weight is 371 g/mol. The number of carbonyl (C=O) groups excluding carboxylic acids is 1. The topological polar surface area (TPSA) is 56.1 Å². The SMILES string of the molecule is COc1cc(CNC(=O)Cn2c(-c3ccccc3)cc3ccccc32)ccn1. The molecule has 0 spiro atoms. The maximum absolute atomic E-state index is 12.7. The summed E-state index contributed by atoms with van der Waals surface area (Å²) in [5.74, 6) is 0.490. The van der Waals surface area contributed by atoms with Crippen molar-refractivity contribution in [2.45, 2.75) is 13.1 Å². The number of hydrogen-bond donors (Lipinski definition) is 1. The molecule has 0 saturated carbocycles. The highest BCUT2D eigenvalue weighted by molar-refractivity contribution is 5.89. The first-order valence-corrected chi connectivity index (χ1v) is 9.14. The van der Waals surface area contributed by atoms with Gasteiger partial charge in [-0.25, -0.2) is 4.98 Å². The van der Waals surface area contributed by atoms with E-state index < -0.39 is 0 Å². The Hall–Kier alpha value is -3.60. The molecule has 2 aromatic carbocycles. The molecule has 0 unspecified atom stereocenters. The Morgan fingerprint density at radius 3 is 2.64 bits per heavy atom. The van der Waals surface area contributed by atoms with Crippen LogP contribution in [0.5, 0.6) is 5.88 Å². The average Bonchev–Trinajstić information content (AvgIpc) is 3.11. The van der Waals surface area contributed by atoms with Crippen molar-refractivity contribution in [2.24, 2.45) is 0 Å². The standard InChI is InChI=1S/C23H21N3O2/c1-28-23-13-17(11-12-24-23)15-25-22(27)16-26-20-10-6-5-9-19(20)14-21(26)18-7-3-2-4-8-18/h2-14H,15-16H2,1H3,(H,25,27). The van der Waals surface area contributed by atoms with Crippen LogP contribution in [0.2, 0.25) is 0 Å². The van der Waals surface area contributed by atoms with Gasteiger partial charge in [0.1, 0.15) is 6.54 Å². The molecule has 4 aromatic rings. The van der Waals surface area contributed by atoms with Gasteiger partial charge >= 0.3 is 0 Å². The molecule has 0 bridgehead atoms. The molecule has 0 aliphatic carbocycles. The van der Waals surface area contributed by atoms with E-state index in [4.69, 9.17) is 4.74 Å². The maximum atomic E-state index is 12.7. The van der Waals surface area contributed by atoms with Crippen LogP contribution < -0.4 is 10.1 Å². The summed E-state index contributed by atoms with van der Waals surface area (Å²) in [5.41, 5.74) is 4.11. The van der Waals surface area contributed by atoms with Crippen LogP contribution in [0.15, 0.2) is 79.0 Å². The molecule has 28 heavy (non-hydrogen) atoms. The highest BCUT2D eigenvalue weighted by Crippen LogP contribution is 2.28. The Bertz CT molecular complexity index is 1100. The smallest absolute Gasteiger partial charge is 0.240 e. The summed E-state index contributed by atoms with van der Waals surface area (Å²) in [4.78, 5) is 16.8. The number of fused-ring (bicyclic) bond motifs is 1. The molecular formula is C23H21N3O2. The number of rotatable bonds is 6. The summed E-state index contributed by atoms with van der Waals surface area (Å²) in [6.07, 6.45) is 1.67. The summed E-state index contributed by atoms with van der Waals surface area (Å²) in [5, 5.41) is 4.11. The first kappa shape index (κ1) is 17.8. The van der Waals surface area contributed by atoms with Gasteiger partial charge < -0.3 is 14.6 Å². The lowest BCUT2D eigenvalue weighted by atomic mass is 10.1. The second-order valence-electron chi connectivity index (χ2n) is 6.52. The minimum atomic E-state index is -0.0469. The quantitative estimate of drug-likeness (QED) is 0.557. The predicted molar refractivity (Wildman–Crippen MR) is 110 cm³/mol. The van der Waals surface area contributed by atoms with E-state index >= 15 is 0 Å². The van der Waals surface area contributed by atoms with Crippen molar-refractivity contribution < 1.29 is 9.53 Å². The molecular weight excluding hydrogens is 350 g/mol. The second kappa shape index (κ2) is 7.96. The number of carbonyl (C=O) groups is 1. The van der Waals surface area contributed by atoms with Crippen LogP contribution in [0.4, 0.5) is 0 Å². The van der Waals surface area contributed by atoms with Gasteiger partial charge in [-0.05, 0) is 29.3 Å². The third-order valence-electron chi connectivity index (χ3n) is 4.68. The molecule has 0 aliphatic heterocycles. The first-order chi connectivity index (χ1) is 13.7. The molecule has 140 valence electrons. The highest BCUT2D eigenvalue weighted by atomic mass is 16.5. The van der Waals surface area contributed by atoms with Crippen molar-refractivity contribution >= 4 is 16.8 Å². The minimum Gasteiger partial charge on any atom is -0.481 e. The number of ether oxygens (including phenoxy) is 1. The van der Waals surface area contributed by atoms with Crippen LogP contribution in [-0.2, 0) is 17.9 Å². The van der Waals surface area contributed by atoms with Gasteiger partial charge in [-0.1, -0.05) is 48.5 Å². The summed E-state index contributed by atoms with van der Waals surface area (Å²) < 4.78 is 7.19. The normalized spacial score (nSPS) is 10.8. The number of hydrogen-bond acceptors (Lipinski definition) is 3. The Kier molecular flexibility index (Phi) is 5.06. The number of benzene rings is 2. The second-order valence-corrected chi connectivity index (χ2v) is 6.52. The minimum absolute atomic E-state index is 0.0469. The molecule has 5 heteroatoms. The lowest BCUT2D eigenvalue weighted by molar-refractivity contribution is -0.121. The Labute approximate surface area is 163 Å². The number of para-hydroxylation sites is 1. The van der Waals surface area contributed by atoms with E-state index in [2.05, 4.69) is 39.1 Å². The fourth-order valence-corrected chi connectivity index (χ4v) is 3.30. The van der Waals surface area contributed by atoms with Crippen LogP contribution in [0.1, 0.15) is 5.56 Å². The van der Waals surface area contributed by atoms with Crippen molar-refractivity contribution in [3.63, 3.8) is 0 Å². The van der Waals surface area contributed by atoms with Gasteiger partial charge in [0.05, 0.1) is 7.11 Å². The van der Waals surface area contributed by atoms with Gasteiger partial charge in [-0.15, -0.1) is 0 Å². The summed E-state index contributed by atoms with van der Waals surface area (Å²) in [7, 11) is 1.58. The molecule has 0 saturated heterocycles. The maximum Gasteiger partial charge on any atom is 0.240 e. The third-order valence-corrected chi connectivity index (χ3v) is 4.68. The number of amides is 1. The highest BCUT2D eigenvalue weighted by Gasteiger charge is 2.13. The van der Waals surface area contributed by atoms with Crippen molar-refractivity contribution in [1.82, 2.24) is 14.9 Å². The van der Waals surface area contributed by atoms with Crippen molar-refractivity contribution in [1.29, 1.82) is 0 Å². The van der Waals surface area contributed by atoms with Crippen LogP contribution in [0.3, 0.4) is 0 Å². The zero-order valence-corrected chi connectivity index (χ0v) is 15.6. The first-order valence-electron chi connectivity index (χ1n) is 9.14. The Balaban J connectivity index is 1.57. The molecule has 0 atom stereocenters. The van der Waals surface area contributed by atoms with Crippen molar-refractivity contribution in [3.05, 3.63) is 84.6 Å². The van der Waals surface area contributed by atoms with E-state index in [1.54, 1.807) is 13.3 Å². The molecule has 0 radical (unpaired) electrons. The monoisotopic (exact) mass is 371 g/mol. The van der Waals surface area contributed by atoms with Crippen LogP contribution in [-0.4, -0.2) is 22.6 Å². The summed E-state index contributed by atoms with van der Waals surface area (Å²) in [6, 6.07) is 24.1. The molecule has 5 nitrogen and oxygen atoms in total. The number of nitrogens with zero attached hydrogens (tertiary/aromatic N) is 2.